The van der Waals surface area contributed by atoms with Gasteiger partial charge in [-0.15, -0.1) is 0 Å². The molecule has 1 aromatic heterocycles. The molecule has 3 N–H and O–H groups in total. The smallest absolute Gasteiger partial charge is 0.353 e. The predicted octanol–water partition coefficient (Wildman–Crippen LogP) is 3.13. The standard InChI is InChI=1S/C22H25F2N3O4/c23-22(24,15-6-2-1-3-7-15)18(28)12-11-16-8-4-10-20(29)27(16)13-5-9-19-25-14-17(26-19)21(30)31/h1-3,6-7,11-12,14,16,18,28H,4-5,8-10,13H2,(H,25,26)(H,30,31)/b12-11+/t16-,18+/m1/s1. The van der Waals surface area contributed by atoms with Crippen LogP contribution < -0.4 is 0 Å². The lowest BCUT2D eigenvalue weighted by Gasteiger charge is -2.34. The maximum atomic E-state index is 14.5. The van der Waals surface area contributed by atoms with Gasteiger partial charge >= 0.3 is 11.9 Å². The zero-order chi connectivity index (χ0) is 22.4. The maximum absolute atomic E-state index is 14.5. The molecule has 2 atom stereocenters. The van der Waals surface area contributed by atoms with Gasteiger partial charge in [-0.1, -0.05) is 42.5 Å². The molecule has 31 heavy (non-hydrogen) atoms. The van der Waals surface area contributed by atoms with Crippen molar-refractivity contribution in [3.8, 4) is 0 Å². The molecule has 2 aromatic rings. The topological polar surface area (TPSA) is 107 Å². The van der Waals surface area contributed by atoms with Crippen LogP contribution in [-0.2, 0) is 17.1 Å². The first-order chi connectivity index (χ1) is 14.8. The van der Waals surface area contributed by atoms with E-state index in [9.17, 15) is 23.5 Å². The summed E-state index contributed by atoms with van der Waals surface area (Å²) in [6.45, 7) is 0.377. The Hall–Kier alpha value is -3.07. The average Bonchev–Trinajstić information content (AvgIpc) is 3.23. The fraction of sp³-hybridized carbons (Fsp3) is 0.409. The highest BCUT2D eigenvalue weighted by Gasteiger charge is 2.39. The number of carboxylic acid groups (broad SMARTS) is 1. The van der Waals surface area contributed by atoms with E-state index in [0.717, 1.165) is 6.08 Å². The molecular formula is C22H25F2N3O4. The van der Waals surface area contributed by atoms with Crippen LogP contribution in [0.2, 0.25) is 0 Å². The second kappa shape index (κ2) is 9.82. The molecule has 0 unspecified atom stereocenters. The number of alkyl halides is 2. The number of hydrogen-bond acceptors (Lipinski definition) is 4. The normalized spacial score (nSPS) is 18.5. The number of aliphatic hydroxyl groups is 1. The van der Waals surface area contributed by atoms with Gasteiger partial charge in [-0.3, -0.25) is 4.79 Å². The van der Waals surface area contributed by atoms with Crippen LogP contribution in [0.25, 0.3) is 0 Å². The van der Waals surface area contributed by atoms with Crippen molar-refractivity contribution in [2.45, 2.75) is 50.2 Å². The molecule has 1 aromatic carbocycles. The zero-order valence-corrected chi connectivity index (χ0v) is 16.9. The lowest BCUT2D eigenvalue weighted by atomic mass is 9.98. The highest BCUT2D eigenvalue weighted by atomic mass is 19.3. The Bertz CT molecular complexity index is 930. The number of nitrogens with one attached hydrogen (secondary N) is 1. The zero-order valence-electron chi connectivity index (χ0n) is 16.9. The van der Waals surface area contributed by atoms with Crippen molar-refractivity contribution in [1.82, 2.24) is 14.9 Å². The largest absolute Gasteiger partial charge is 0.477 e. The van der Waals surface area contributed by atoms with Crippen molar-refractivity contribution >= 4 is 11.9 Å². The SMILES string of the molecule is O=C(O)c1cnc(CCCN2C(=O)CCC[C@@H]2/C=C/[C@H](O)C(F)(F)c2ccccc2)[nH]1. The van der Waals surface area contributed by atoms with E-state index < -0.39 is 18.0 Å². The van der Waals surface area contributed by atoms with Crippen molar-refractivity contribution in [3.05, 3.63) is 65.8 Å². The quantitative estimate of drug-likeness (QED) is 0.527. The van der Waals surface area contributed by atoms with Crippen molar-refractivity contribution < 1.29 is 28.6 Å². The number of amides is 1. The second-order valence-electron chi connectivity index (χ2n) is 7.52. The van der Waals surface area contributed by atoms with Crippen LogP contribution in [0.4, 0.5) is 8.78 Å². The summed E-state index contributed by atoms with van der Waals surface area (Å²) >= 11 is 0. The van der Waals surface area contributed by atoms with E-state index in [1.54, 1.807) is 11.0 Å². The minimum absolute atomic E-state index is 0.00168. The Morgan fingerprint density at radius 2 is 2.10 bits per heavy atom. The number of carboxylic acids is 1. The Morgan fingerprint density at radius 3 is 2.77 bits per heavy atom. The van der Waals surface area contributed by atoms with E-state index in [4.69, 9.17) is 5.11 Å². The van der Waals surface area contributed by atoms with Gasteiger partial charge in [0.25, 0.3) is 0 Å². The number of aliphatic hydroxyl groups excluding tert-OH is 1. The molecule has 0 bridgehead atoms. The number of carbonyl (C=O) groups is 2. The van der Waals surface area contributed by atoms with Crippen molar-refractivity contribution in [3.63, 3.8) is 0 Å². The minimum Gasteiger partial charge on any atom is -0.477 e. The first kappa shape index (κ1) is 22.6. The summed E-state index contributed by atoms with van der Waals surface area (Å²) in [5.41, 5.74) is -0.277. The molecule has 1 aliphatic heterocycles. The molecule has 7 nitrogen and oxygen atoms in total. The van der Waals surface area contributed by atoms with Gasteiger partial charge in [-0.05, 0) is 19.3 Å². The molecule has 1 amide bonds. The van der Waals surface area contributed by atoms with Crippen LogP contribution in [0, 0.1) is 0 Å². The van der Waals surface area contributed by atoms with Gasteiger partial charge in [0.15, 0.2) is 0 Å². The van der Waals surface area contributed by atoms with E-state index in [1.807, 2.05) is 0 Å². The molecule has 9 heteroatoms. The Morgan fingerprint density at radius 1 is 1.35 bits per heavy atom. The number of rotatable bonds is 9. The number of aromatic carboxylic acids is 1. The monoisotopic (exact) mass is 433 g/mol. The van der Waals surface area contributed by atoms with E-state index in [2.05, 4.69) is 9.97 Å². The number of nitrogens with zero attached hydrogens (tertiary/aromatic N) is 2. The molecule has 1 saturated heterocycles. The summed E-state index contributed by atoms with van der Waals surface area (Å²) in [7, 11) is 0. The molecule has 0 spiro atoms. The number of benzene rings is 1. The van der Waals surface area contributed by atoms with Crippen LogP contribution >= 0.6 is 0 Å². The van der Waals surface area contributed by atoms with E-state index in [-0.39, 0.29) is 23.2 Å². The van der Waals surface area contributed by atoms with Crippen LogP contribution in [0.15, 0.2) is 48.7 Å². The highest BCUT2D eigenvalue weighted by Crippen LogP contribution is 2.32. The summed E-state index contributed by atoms with van der Waals surface area (Å²) < 4.78 is 29.0. The number of likely N-dealkylation sites (tertiary alicyclic amines) is 1. The third-order valence-corrected chi connectivity index (χ3v) is 5.33. The van der Waals surface area contributed by atoms with Gasteiger partial charge in [-0.25, -0.2) is 9.78 Å². The van der Waals surface area contributed by atoms with Crippen molar-refractivity contribution in [2.75, 3.05) is 6.54 Å². The number of imidazole rings is 1. The highest BCUT2D eigenvalue weighted by molar-refractivity contribution is 5.85. The van der Waals surface area contributed by atoms with Gasteiger partial charge in [0.1, 0.15) is 17.6 Å². The molecule has 0 aliphatic carbocycles. The van der Waals surface area contributed by atoms with Crippen molar-refractivity contribution in [2.24, 2.45) is 0 Å². The third-order valence-electron chi connectivity index (χ3n) is 5.33. The number of aromatic nitrogens is 2. The molecule has 1 fully saturated rings. The first-order valence-electron chi connectivity index (χ1n) is 10.2. The Kier molecular flexibility index (Phi) is 7.17. The molecule has 2 heterocycles. The Balaban J connectivity index is 1.61. The Labute approximate surface area is 178 Å². The number of aromatic amines is 1. The number of hydrogen-bond donors (Lipinski definition) is 3. The molecule has 0 radical (unpaired) electrons. The van der Waals surface area contributed by atoms with Gasteiger partial charge in [0.05, 0.1) is 12.2 Å². The van der Waals surface area contributed by atoms with Crippen LogP contribution in [-0.4, -0.2) is 55.6 Å². The summed E-state index contributed by atoms with van der Waals surface area (Å²) in [6, 6.07) is 6.74. The lowest BCUT2D eigenvalue weighted by molar-refractivity contribution is -0.135. The van der Waals surface area contributed by atoms with E-state index in [0.29, 0.717) is 44.5 Å². The van der Waals surface area contributed by atoms with Crippen molar-refractivity contribution in [1.29, 1.82) is 0 Å². The summed E-state index contributed by atoms with van der Waals surface area (Å²) in [5.74, 6) is -4.11. The molecular weight excluding hydrogens is 408 g/mol. The second-order valence-corrected chi connectivity index (χ2v) is 7.52. The van der Waals surface area contributed by atoms with E-state index in [1.165, 1.54) is 36.5 Å². The lowest BCUT2D eigenvalue weighted by Crippen LogP contribution is -2.43. The van der Waals surface area contributed by atoms with Gasteiger partial charge in [0.2, 0.25) is 5.91 Å². The van der Waals surface area contributed by atoms with Gasteiger partial charge in [-0.2, -0.15) is 8.78 Å². The molecule has 1 aliphatic rings. The third kappa shape index (κ3) is 5.55. The number of carbonyl (C=O) groups excluding carboxylic acids is 1. The molecule has 0 saturated carbocycles. The van der Waals surface area contributed by atoms with Gasteiger partial charge in [0, 0.05) is 24.9 Å². The van der Waals surface area contributed by atoms with Crippen LogP contribution in [0.3, 0.4) is 0 Å². The summed E-state index contributed by atoms with van der Waals surface area (Å²) in [4.78, 5) is 31.6. The molecule has 3 rings (SSSR count). The number of aryl methyl sites for hydroxylation is 1. The summed E-state index contributed by atoms with van der Waals surface area (Å²) in [6.07, 6.45) is 4.41. The number of piperidine rings is 1. The first-order valence-corrected chi connectivity index (χ1v) is 10.2. The summed E-state index contributed by atoms with van der Waals surface area (Å²) in [5, 5.41) is 19.0. The van der Waals surface area contributed by atoms with Crippen LogP contribution in [0.1, 0.15) is 47.6 Å². The fourth-order valence-electron chi connectivity index (χ4n) is 3.64. The minimum atomic E-state index is -3.44. The average molecular weight is 433 g/mol. The van der Waals surface area contributed by atoms with Crippen LogP contribution in [0.5, 0.6) is 0 Å². The maximum Gasteiger partial charge on any atom is 0.353 e. The van der Waals surface area contributed by atoms with Gasteiger partial charge < -0.3 is 20.1 Å². The molecule has 166 valence electrons. The predicted molar refractivity (Wildman–Crippen MR) is 109 cm³/mol. The number of H-pyrrole nitrogens is 1. The van der Waals surface area contributed by atoms with E-state index >= 15 is 0 Å². The number of halogens is 2. The fourth-order valence-corrected chi connectivity index (χ4v) is 3.64.